The molecule has 11 heteroatoms. The van der Waals surface area contributed by atoms with Gasteiger partial charge in [-0.2, -0.15) is 0 Å². The fourth-order valence-corrected chi connectivity index (χ4v) is 4.66. The second-order valence-corrected chi connectivity index (χ2v) is 11.0. The summed E-state index contributed by atoms with van der Waals surface area (Å²) in [6, 6.07) is 0.290. The average molecular weight is 507 g/mol. The molecule has 1 atom stereocenters. The number of imidazole rings is 1. The van der Waals surface area contributed by atoms with Gasteiger partial charge in [0.15, 0.2) is 5.65 Å². The number of carbonyl (C=O) groups is 2. The van der Waals surface area contributed by atoms with Crippen LogP contribution in [0.4, 0.5) is 16.4 Å². The molecule has 2 fully saturated rings. The van der Waals surface area contributed by atoms with E-state index in [9.17, 15) is 9.59 Å². The van der Waals surface area contributed by atoms with E-state index in [1.807, 2.05) is 50.1 Å². The number of rotatable bonds is 6. The highest BCUT2D eigenvalue weighted by Crippen LogP contribution is 2.31. The molecule has 196 valence electrons. The third-order valence-electron chi connectivity index (χ3n) is 6.52. The van der Waals surface area contributed by atoms with Crippen molar-refractivity contribution in [3.63, 3.8) is 0 Å². The quantitative estimate of drug-likeness (QED) is 0.539. The Hall–Kier alpha value is -3.76. The monoisotopic (exact) mass is 506 g/mol. The zero-order valence-electron chi connectivity index (χ0n) is 22.1. The summed E-state index contributed by atoms with van der Waals surface area (Å²) in [5.74, 6) is 1.09. The van der Waals surface area contributed by atoms with Gasteiger partial charge in [-0.15, -0.1) is 0 Å². The predicted molar refractivity (Wildman–Crippen MR) is 139 cm³/mol. The molecule has 1 aliphatic heterocycles. The van der Waals surface area contributed by atoms with Crippen LogP contribution in [0, 0.1) is 19.8 Å². The van der Waals surface area contributed by atoms with Gasteiger partial charge in [0.25, 0.3) is 5.91 Å². The van der Waals surface area contributed by atoms with Crippen molar-refractivity contribution >= 4 is 29.3 Å². The highest BCUT2D eigenvalue weighted by Gasteiger charge is 2.38. The van der Waals surface area contributed by atoms with Crippen molar-refractivity contribution < 1.29 is 14.3 Å². The van der Waals surface area contributed by atoms with Gasteiger partial charge in [-0.3, -0.25) is 4.79 Å². The van der Waals surface area contributed by atoms with Crippen molar-refractivity contribution in [3.8, 4) is 0 Å². The second kappa shape index (κ2) is 9.60. The third-order valence-corrected chi connectivity index (χ3v) is 6.52. The van der Waals surface area contributed by atoms with E-state index in [4.69, 9.17) is 4.74 Å². The zero-order chi connectivity index (χ0) is 26.3. The molecule has 2 aliphatic rings. The van der Waals surface area contributed by atoms with Crippen LogP contribution in [0.5, 0.6) is 0 Å². The summed E-state index contributed by atoms with van der Waals surface area (Å²) in [6.07, 6.45) is 9.54. The lowest BCUT2D eigenvalue weighted by Gasteiger charge is -2.29. The number of nitrogens with zero attached hydrogens (tertiary/aromatic N) is 7. The van der Waals surface area contributed by atoms with Crippen LogP contribution in [0.25, 0.3) is 5.65 Å². The summed E-state index contributed by atoms with van der Waals surface area (Å²) < 4.78 is 7.48. The smallest absolute Gasteiger partial charge is 0.410 e. The molecule has 2 amide bonds. The first kappa shape index (κ1) is 24.9. The molecule has 1 saturated carbocycles. The Morgan fingerprint density at radius 1 is 1.11 bits per heavy atom. The molecule has 11 nitrogen and oxygen atoms in total. The Morgan fingerprint density at radius 3 is 2.57 bits per heavy atom. The molecule has 0 radical (unpaired) electrons. The van der Waals surface area contributed by atoms with E-state index in [-0.39, 0.29) is 17.7 Å². The number of hydrogen-bond donors (Lipinski definition) is 1. The Balaban J connectivity index is 1.19. The maximum Gasteiger partial charge on any atom is 0.410 e. The molecular weight excluding hydrogens is 472 g/mol. The van der Waals surface area contributed by atoms with Gasteiger partial charge < -0.3 is 24.3 Å². The van der Waals surface area contributed by atoms with Gasteiger partial charge in [0, 0.05) is 31.9 Å². The largest absolute Gasteiger partial charge is 0.444 e. The molecule has 1 unspecified atom stereocenters. The molecule has 5 rings (SSSR count). The minimum atomic E-state index is -0.504. The van der Waals surface area contributed by atoms with Crippen molar-refractivity contribution in [2.24, 2.45) is 5.92 Å². The van der Waals surface area contributed by atoms with Crippen LogP contribution in [0.15, 0.2) is 24.8 Å². The van der Waals surface area contributed by atoms with Crippen LogP contribution in [-0.2, 0) is 4.74 Å². The fraction of sp³-hybridized carbons (Fsp3) is 0.538. The van der Waals surface area contributed by atoms with E-state index in [1.165, 1.54) is 6.20 Å². The molecular formula is C26H34N8O3. The third kappa shape index (κ3) is 5.81. The minimum absolute atomic E-state index is 0.214. The fourth-order valence-electron chi connectivity index (χ4n) is 4.66. The molecule has 4 heterocycles. The number of anilines is 2. The number of aryl methyl sites for hydroxylation is 2. The number of fused-ring (bicyclic) bond motifs is 1. The van der Waals surface area contributed by atoms with Crippen molar-refractivity contribution in [2.75, 3.05) is 29.9 Å². The van der Waals surface area contributed by atoms with Gasteiger partial charge in [0.05, 0.1) is 30.0 Å². The SMILES string of the molecule is Cc1cn2cc(NC(=O)c3cnc(N4CCC(CN(C(=O)OC(C)(C)C)C5CC5)C4)cn3)nc(C)c2n1. The van der Waals surface area contributed by atoms with Crippen molar-refractivity contribution in [2.45, 2.75) is 65.5 Å². The van der Waals surface area contributed by atoms with Crippen LogP contribution in [0.3, 0.4) is 0 Å². The van der Waals surface area contributed by atoms with Crippen molar-refractivity contribution in [3.05, 3.63) is 41.9 Å². The van der Waals surface area contributed by atoms with Gasteiger partial charge in [-0.25, -0.2) is 24.7 Å². The van der Waals surface area contributed by atoms with E-state index in [1.54, 1.807) is 12.4 Å². The number of amides is 2. The Labute approximate surface area is 216 Å². The molecule has 1 saturated heterocycles. The minimum Gasteiger partial charge on any atom is -0.444 e. The van der Waals surface area contributed by atoms with Gasteiger partial charge in [-0.1, -0.05) is 0 Å². The Kier molecular flexibility index (Phi) is 6.47. The molecule has 3 aromatic heterocycles. The Morgan fingerprint density at radius 2 is 1.89 bits per heavy atom. The molecule has 37 heavy (non-hydrogen) atoms. The number of carbonyl (C=O) groups excluding carboxylic acids is 2. The molecule has 0 bridgehead atoms. The lowest BCUT2D eigenvalue weighted by atomic mass is 10.1. The summed E-state index contributed by atoms with van der Waals surface area (Å²) in [7, 11) is 0. The normalized spacial score (nSPS) is 17.8. The first-order valence-corrected chi connectivity index (χ1v) is 12.8. The number of ether oxygens (including phenoxy) is 1. The zero-order valence-corrected chi connectivity index (χ0v) is 22.1. The maximum atomic E-state index is 12.8. The van der Waals surface area contributed by atoms with Crippen LogP contribution in [-0.4, -0.2) is 72.5 Å². The van der Waals surface area contributed by atoms with E-state index in [0.717, 1.165) is 55.2 Å². The predicted octanol–water partition coefficient (Wildman–Crippen LogP) is 3.61. The first-order chi connectivity index (χ1) is 17.6. The lowest BCUT2D eigenvalue weighted by Crippen LogP contribution is -2.41. The molecule has 0 aromatic carbocycles. The Bertz CT molecular complexity index is 1310. The lowest BCUT2D eigenvalue weighted by molar-refractivity contribution is 0.0208. The van der Waals surface area contributed by atoms with Crippen molar-refractivity contribution in [1.82, 2.24) is 29.2 Å². The first-order valence-electron chi connectivity index (χ1n) is 12.8. The topological polar surface area (TPSA) is 118 Å². The van der Waals surface area contributed by atoms with Crippen LogP contribution >= 0.6 is 0 Å². The standard InChI is InChI=1S/C26H34N8O3/c1-16-12-33-15-21(30-17(2)23(33)29-16)31-24(35)20-10-28-22(11-27-20)32-9-8-18(13-32)14-34(19-6-7-19)25(36)37-26(3,4)5/h10-12,15,18-19H,6-9,13-14H2,1-5H3,(H,31,35). The summed E-state index contributed by atoms with van der Waals surface area (Å²) in [5, 5.41) is 2.80. The van der Waals surface area contributed by atoms with Gasteiger partial charge in [-0.05, 0) is 59.8 Å². The van der Waals surface area contributed by atoms with Crippen LogP contribution in [0.2, 0.25) is 0 Å². The van der Waals surface area contributed by atoms with Gasteiger partial charge >= 0.3 is 6.09 Å². The van der Waals surface area contributed by atoms with E-state index in [2.05, 4.69) is 30.2 Å². The van der Waals surface area contributed by atoms with E-state index >= 15 is 0 Å². The highest BCUT2D eigenvalue weighted by molar-refractivity contribution is 6.02. The summed E-state index contributed by atoms with van der Waals surface area (Å²) >= 11 is 0. The molecule has 0 spiro atoms. The van der Waals surface area contributed by atoms with Crippen LogP contribution < -0.4 is 10.2 Å². The van der Waals surface area contributed by atoms with E-state index in [0.29, 0.717) is 24.3 Å². The summed E-state index contributed by atoms with van der Waals surface area (Å²) in [5.41, 5.74) is 2.07. The summed E-state index contributed by atoms with van der Waals surface area (Å²) in [6.45, 7) is 11.7. The van der Waals surface area contributed by atoms with Gasteiger partial charge in [0.2, 0.25) is 0 Å². The van der Waals surface area contributed by atoms with Crippen molar-refractivity contribution in [1.29, 1.82) is 0 Å². The number of hydrogen-bond acceptors (Lipinski definition) is 8. The number of aromatic nitrogens is 5. The van der Waals surface area contributed by atoms with E-state index < -0.39 is 5.60 Å². The van der Waals surface area contributed by atoms with Crippen LogP contribution in [0.1, 0.15) is 61.9 Å². The molecule has 3 aromatic rings. The maximum absolute atomic E-state index is 12.8. The van der Waals surface area contributed by atoms with Gasteiger partial charge in [0.1, 0.15) is 22.9 Å². The molecule has 1 N–H and O–H groups in total. The average Bonchev–Trinajstić information content (AvgIpc) is 3.42. The number of nitrogens with one attached hydrogen (secondary N) is 1. The molecule has 1 aliphatic carbocycles. The summed E-state index contributed by atoms with van der Waals surface area (Å²) in [4.78, 5) is 47.2. The highest BCUT2D eigenvalue weighted by atomic mass is 16.6. The second-order valence-electron chi connectivity index (χ2n) is 11.0.